The summed E-state index contributed by atoms with van der Waals surface area (Å²) in [5, 5.41) is 17.9. The Morgan fingerprint density at radius 3 is 2.39 bits per heavy atom. The summed E-state index contributed by atoms with van der Waals surface area (Å²) in [7, 11) is 0. The molecule has 3 N–H and O–H groups in total. The van der Waals surface area contributed by atoms with E-state index < -0.39 is 0 Å². The zero-order chi connectivity index (χ0) is 26.1. The number of anilines is 3. The van der Waals surface area contributed by atoms with Crippen molar-refractivity contribution < 1.29 is 14.4 Å². The minimum atomic E-state index is -0.254. The first-order valence-corrected chi connectivity index (χ1v) is 13.0. The highest BCUT2D eigenvalue weighted by Gasteiger charge is 2.17. The Bertz CT molecular complexity index is 1250. The second-order valence-corrected chi connectivity index (χ2v) is 9.37. The minimum Gasteiger partial charge on any atom is -0.326 e. The fourth-order valence-corrected chi connectivity index (χ4v) is 4.32. The summed E-state index contributed by atoms with van der Waals surface area (Å²) < 4.78 is 1.86. The van der Waals surface area contributed by atoms with Crippen molar-refractivity contribution in [2.75, 3.05) is 21.7 Å². The molecule has 0 aliphatic heterocycles. The first-order valence-electron chi connectivity index (χ1n) is 11.6. The van der Waals surface area contributed by atoms with Crippen LogP contribution in [0.5, 0.6) is 0 Å². The number of aromatic nitrogens is 3. The normalized spacial score (nSPS) is 10.7. The molecule has 0 spiro atoms. The van der Waals surface area contributed by atoms with E-state index >= 15 is 0 Å². The number of carbonyl (C=O) groups is 3. The molecule has 1 aromatic heterocycles. The molecule has 0 unspecified atom stereocenters. The zero-order valence-electron chi connectivity index (χ0n) is 20.4. The molecule has 3 rings (SSSR count). The van der Waals surface area contributed by atoms with E-state index in [-0.39, 0.29) is 29.9 Å². The number of rotatable bonds is 11. The number of amides is 3. The van der Waals surface area contributed by atoms with Crippen molar-refractivity contribution in [2.24, 2.45) is 0 Å². The Morgan fingerprint density at radius 1 is 0.944 bits per heavy atom. The van der Waals surface area contributed by atoms with Gasteiger partial charge in [-0.3, -0.25) is 14.4 Å². The van der Waals surface area contributed by atoms with Gasteiger partial charge in [0.2, 0.25) is 17.7 Å². The van der Waals surface area contributed by atoms with Gasteiger partial charge in [-0.1, -0.05) is 49.3 Å². The number of nitrogens with zero attached hydrogens (tertiary/aromatic N) is 3. The molecule has 0 atom stereocenters. The van der Waals surface area contributed by atoms with Gasteiger partial charge in [0.05, 0.1) is 22.9 Å². The van der Waals surface area contributed by atoms with Gasteiger partial charge in [-0.2, -0.15) is 0 Å². The van der Waals surface area contributed by atoms with Crippen LogP contribution in [-0.4, -0.2) is 38.2 Å². The fourth-order valence-electron chi connectivity index (χ4n) is 3.35. The van der Waals surface area contributed by atoms with Gasteiger partial charge >= 0.3 is 0 Å². The van der Waals surface area contributed by atoms with Gasteiger partial charge in [-0.25, -0.2) is 0 Å². The van der Waals surface area contributed by atoms with Crippen LogP contribution in [0.4, 0.5) is 17.1 Å². The van der Waals surface area contributed by atoms with Gasteiger partial charge in [-0.05, 0) is 49.2 Å². The smallest absolute Gasteiger partial charge is 0.234 e. The van der Waals surface area contributed by atoms with Gasteiger partial charge in [0.25, 0.3) is 0 Å². The molecule has 3 amide bonds. The van der Waals surface area contributed by atoms with E-state index in [2.05, 4.69) is 26.1 Å². The number of benzene rings is 2. The van der Waals surface area contributed by atoms with E-state index in [0.29, 0.717) is 46.0 Å². The molecule has 0 aliphatic rings. The average molecular weight is 529 g/mol. The molecule has 3 aromatic rings. The zero-order valence-corrected chi connectivity index (χ0v) is 22.0. The number of carbonyl (C=O) groups excluding carboxylic acids is 3. The van der Waals surface area contributed by atoms with Crippen LogP contribution < -0.4 is 16.0 Å². The van der Waals surface area contributed by atoms with Crippen molar-refractivity contribution >= 4 is 58.1 Å². The van der Waals surface area contributed by atoms with Crippen LogP contribution in [0.25, 0.3) is 0 Å². The Labute approximate surface area is 219 Å². The summed E-state index contributed by atoms with van der Waals surface area (Å²) in [5.74, 6) is 0.124. The van der Waals surface area contributed by atoms with Crippen molar-refractivity contribution in [2.45, 2.75) is 51.7 Å². The van der Waals surface area contributed by atoms with Crippen molar-refractivity contribution in [1.29, 1.82) is 0 Å². The molecule has 9 nitrogen and oxygen atoms in total. The van der Waals surface area contributed by atoms with Crippen LogP contribution in [0.1, 0.15) is 38.1 Å². The molecule has 0 fully saturated rings. The number of para-hydroxylation sites is 1. The summed E-state index contributed by atoms with van der Waals surface area (Å²) in [5.41, 5.74) is 2.74. The second-order valence-electron chi connectivity index (χ2n) is 8.02. The van der Waals surface area contributed by atoms with Crippen molar-refractivity contribution in [3.05, 3.63) is 58.9 Å². The second kappa shape index (κ2) is 13.1. The maximum Gasteiger partial charge on any atom is 0.234 e. The predicted octanol–water partition coefficient (Wildman–Crippen LogP) is 4.91. The quantitative estimate of drug-likeness (QED) is 0.304. The number of halogens is 1. The number of hydrogen-bond donors (Lipinski definition) is 3. The lowest BCUT2D eigenvalue weighted by atomic mass is 10.1. The van der Waals surface area contributed by atoms with Gasteiger partial charge in [0, 0.05) is 24.3 Å². The highest BCUT2D eigenvalue weighted by molar-refractivity contribution is 7.99. The van der Waals surface area contributed by atoms with E-state index in [4.69, 9.17) is 11.6 Å². The maximum atomic E-state index is 12.6. The molecule has 0 radical (unpaired) electrons. The summed E-state index contributed by atoms with van der Waals surface area (Å²) >= 11 is 7.38. The van der Waals surface area contributed by atoms with E-state index in [1.807, 2.05) is 24.5 Å². The maximum absolute atomic E-state index is 12.6. The standard InChI is InChI=1S/C25H29ClN6O3S/c1-4-12-32-21(14-23(34)29-20-9-7-6-8-18(20)26)30-31-25(32)36-15-24(35)27-17-10-11-19(16(3)13-17)28-22(33)5-2/h6-11,13H,4-5,12,14-15H2,1-3H3,(H,27,35)(H,28,33)(H,29,34). The largest absolute Gasteiger partial charge is 0.326 e. The molecule has 0 bridgehead atoms. The fraction of sp³-hybridized carbons (Fsp3) is 0.320. The lowest BCUT2D eigenvalue weighted by molar-refractivity contribution is -0.116. The van der Waals surface area contributed by atoms with Gasteiger partial charge in [0.1, 0.15) is 5.82 Å². The Balaban J connectivity index is 1.59. The SMILES string of the molecule is CCCn1c(CC(=O)Nc2ccccc2Cl)nnc1SCC(=O)Nc1ccc(NC(=O)CC)c(C)c1. The molecule has 36 heavy (non-hydrogen) atoms. The first kappa shape index (κ1) is 27.2. The summed E-state index contributed by atoms with van der Waals surface area (Å²) in [6, 6.07) is 12.3. The molecule has 2 aromatic carbocycles. The number of nitrogens with one attached hydrogen (secondary N) is 3. The Morgan fingerprint density at radius 2 is 1.69 bits per heavy atom. The van der Waals surface area contributed by atoms with E-state index in [0.717, 1.165) is 12.0 Å². The third-order valence-corrected chi connectivity index (χ3v) is 6.44. The number of thioether (sulfide) groups is 1. The predicted molar refractivity (Wildman–Crippen MR) is 144 cm³/mol. The summed E-state index contributed by atoms with van der Waals surface area (Å²) in [4.78, 5) is 36.7. The first-order chi connectivity index (χ1) is 17.3. The van der Waals surface area contributed by atoms with Crippen LogP contribution in [0.15, 0.2) is 47.6 Å². The van der Waals surface area contributed by atoms with Crippen molar-refractivity contribution in [3.63, 3.8) is 0 Å². The molecule has 0 saturated carbocycles. The van der Waals surface area contributed by atoms with Gasteiger partial charge in [-0.15, -0.1) is 10.2 Å². The van der Waals surface area contributed by atoms with Gasteiger partial charge < -0.3 is 20.5 Å². The number of hydrogen-bond acceptors (Lipinski definition) is 6. The third-order valence-electron chi connectivity index (χ3n) is 5.15. The molecular weight excluding hydrogens is 500 g/mol. The Kier molecular flexibility index (Phi) is 9.89. The molecular formula is C25H29ClN6O3S. The van der Waals surface area contributed by atoms with Crippen LogP contribution in [-0.2, 0) is 27.3 Å². The van der Waals surface area contributed by atoms with Crippen LogP contribution >= 0.6 is 23.4 Å². The topological polar surface area (TPSA) is 118 Å². The lowest BCUT2D eigenvalue weighted by Crippen LogP contribution is -2.18. The third kappa shape index (κ3) is 7.56. The Hall–Kier alpha value is -3.37. The van der Waals surface area contributed by atoms with Crippen molar-refractivity contribution in [1.82, 2.24) is 14.8 Å². The van der Waals surface area contributed by atoms with Gasteiger partial charge in [0.15, 0.2) is 5.16 Å². The highest BCUT2D eigenvalue weighted by atomic mass is 35.5. The van der Waals surface area contributed by atoms with Crippen LogP contribution in [0, 0.1) is 6.92 Å². The molecule has 0 saturated heterocycles. The van der Waals surface area contributed by atoms with E-state index in [9.17, 15) is 14.4 Å². The monoisotopic (exact) mass is 528 g/mol. The van der Waals surface area contributed by atoms with Crippen molar-refractivity contribution in [3.8, 4) is 0 Å². The average Bonchev–Trinajstić information content (AvgIpc) is 3.22. The summed E-state index contributed by atoms with van der Waals surface area (Å²) in [6.45, 7) is 6.29. The van der Waals surface area contributed by atoms with Crippen LogP contribution in [0.2, 0.25) is 5.02 Å². The molecule has 0 aliphatic carbocycles. The lowest BCUT2D eigenvalue weighted by Gasteiger charge is -2.11. The van der Waals surface area contributed by atoms with E-state index in [1.54, 1.807) is 43.3 Å². The number of aryl methyl sites for hydroxylation is 1. The van der Waals surface area contributed by atoms with Crippen LogP contribution in [0.3, 0.4) is 0 Å². The van der Waals surface area contributed by atoms with E-state index in [1.165, 1.54) is 11.8 Å². The molecule has 11 heteroatoms. The molecule has 190 valence electrons. The molecule has 1 heterocycles. The minimum absolute atomic E-state index is 0.0329. The highest BCUT2D eigenvalue weighted by Crippen LogP contribution is 2.23. The summed E-state index contributed by atoms with van der Waals surface area (Å²) in [6.07, 6.45) is 1.24.